The second-order valence-corrected chi connectivity index (χ2v) is 7.25. The number of aliphatic hydroxyl groups is 1. The van der Waals surface area contributed by atoms with Gasteiger partial charge in [0.1, 0.15) is 5.82 Å². The molecule has 2 bridgehead atoms. The molecule has 0 radical (unpaired) electrons. The molecule has 2 fully saturated rings. The van der Waals surface area contributed by atoms with Crippen molar-refractivity contribution in [2.45, 2.75) is 37.1 Å². The number of nitrogens with zero attached hydrogens (tertiary/aromatic N) is 2. The van der Waals surface area contributed by atoms with Gasteiger partial charge in [0, 0.05) is 24.2 Å². The van der Waals surface area contributed by atoms with Gasteiger partial charge < -0.3 is 9.84 Å². The molecular formula is C21H21FN2O2. The molecular weight excluding hydrogens is 331 g/mol. The lowest BCUT2D eigenvalue weighted by Crippen LogP contribution is -2.60. The lowest BCUT2D eigenvalue weighted by Gasteiger charge is -2.52. The van der Waals surface area contributed by atoms with Crippen molar-refractivity contribution in [2.24, 2.45) is 0 Å². The van der Waals surface area contributed by atoms with E-state index in [0.29, 0.717) is 26.1 Å². The van der Waals surface area contributed by atoms with Crippen LogP contribution in [0.15, 0.2) is 48.5 Å². The Bertz CT molecular complexity index is 820. The van der Waals surface area contributed by atoms with Crippen molar-refractivity contribution in [3.8, 4) is 6.07 Å². The van der Waals surface area contributed by atoms with Gasteiger partial charge in [0.2, 0.25) is 0 Å². The molecule has 2 aromatic rings. The first kappa shape index (κ1) is 17.2. The molecule has 4 nitrogen and oxygen atoms in total. The standard InChI is InChI=1S/C21H21FN2O2/c22-20-8-16(11-23)6-7-19(20)21(25)9-17-13-26-14-18(10-21)24(17)12-15-4-2-1-3-5-15/h1-8,17-18,25H,9-10,12-14H2. The predicted molar refractivity (Wildman–Crippen MR) is 94.6 cm³/mol. The topological polar surface area (TPSA) is 56.5 Å². The van der Waals surface area contributed by atoms with E-state index in [2.05, 4.69) is 17.0 Å². The molecule has 0 amide bonds. The van der Waals surface area contributed by atoms with Crippen LogP contribution in [0.25, 0.3) is 0 Å². The third kappa shape index (κ3) is 3.12. The maximum absolute atomic E-state index is 14.5. The lowest BCUT2D eigenvalue weighted by molar-refractivity contribution is -0.150. The number of hydrogen-bond donors (Lipinski definition) is 1. The zero-order valence-electron chi connectivity index (χ0n) is 14.4. The zero-order chi connectivity index (χ0) is 18.1. The third-order valence-electron chi connectivity index (χ3n) is 5.51. The summed E-state index contributed by atoms with van der Waals surface area (Å²) in [5, 5.41) is 20.2. The fraction of sp³-hybridized carbons (Fsp3) is 0.381. The molecule has 0 aromatic heterocycles. The van der Waals surface area contributed by atoms with Gasteiger partial charge in [-0.1, -0.05) is 36.4 Å². The van der Waals surface area contributed by atoms with Crippen LogP contribution < -0.4 is 0 Å². The van der Waals surface area contributed by atoms with E-state index in [1.807, 2.05) is 24.3 Å². The summed E-state index contributed by atoms with van der Waals surface area (Å²) in [7, 11) is 0. The molecule has 26 heavy (non-hydrogen) atoms. The molecule has 2 atom stereocenters. The van der Waals surface area contributed by atoms with Crippen LogP contribution in [0.1, 0.15) is 29.5 Å². The second kappa shape index (κ2) is 6.81. The number of ether oxygens (including phenoxy) is 1. The highest BCUT2D eigenvalue weighted by molar-refractivity contribution is 5.36. The molecule has 134 valence electrons. The first-order valence-electron chi connectivity index (χ1n) is 8.89. The smallest absolute Gasteiger partial charge is 0.130 e. The van der Waals surface area contributed by atoms with Crippen molar-refractivity contribution in [3.63, 3.8) is 0 Å². The quantitative estimate of drug-likeness (QED) is 0.923. The fourth-order valence-corrected chi connectivity index (χ4v) is 4.28. The Morgan fingerprint density at radius 3 is 2.46 bits per heavy atom. The number of rotatable bonds is 3. The molecule has 5 heteroatoms. The van der Waals surface area contributed by atoms with E-state index >= 15 is 0 Å². The van der Waals surface area contributed by atoms with Gasteiger partial charge in [-0.15, -0.1) is 0 Å². The molecule has 2 saturated heterocycles. The molecule has 0 spiro atoms. The van der Waals surface area contributed by atoms with Gasteiger partial charge in [-0.3, -0.25) is 4.90 Å². The van der Waals surface area contributed by atoms with E-state index in [4.69, 9.17) is 10.00 Å². The number of hydrogen-bond acceptors (Lipinski definition) is 4. The van der Waals surface area contributed by atoms with Crippen molar-refractivity contribution < 1.29 is 14.2 Å². The maximum atomic E-state index is 14.5. The van der Waals surface area contributed by atoms with Gasteiger partial charge in [0.05, 0.1) is 30.4 Å². The number of halogens is 1. The Balaban J connectivity index is 1.60. The van der Waals surface area contributed by atoms with Gasteiger partial charge >= 0.3 is 0 Å². The first-order valence-corrected chi connectivity index (χ1v) is 8.89. The summed E-state index contributed by atoms with van der Waals surface area (Å²) >= 11 is 0. The SMILES string of the molecule is N#Cc1ccc(C2(O)CC3COCC(C2)N3Cc2ccccc2)c(F)c1. The minimum absolute atomic E-state index is 0.0303. The Kier molecular flexibility index (Phi) is 4.49. The van der Waals surface area contributed by atoms with Crippen LogP contribution in [0.5, 0.6) is 0 Å². The zero-order valence-corrected chi connectivity index (χ0v) is 14.4. The van der Waals surface area contributed by atoms with Gasteiger partial charge in [-0.25, -0.2) is 4.39 Å². The summed E-state index contributed by atoms with van der Waals surface area (Å²) in [6, 6.07) is 16.6. The number of benzene rings is 2. The Morgan fingerprint density at radius 1 is 1.15 bits per heavy atom. The summed E-state index contributed by atoms with van der Waals surface area (Å²) in [5.74, 6) is -0.512. The van der Waals surface area contributed by atoms with Crippen LogP contribution >= 0.6 is 0 Å². The van der Waals surface area contributed by atoms with E-state index in [-0.39, 0.29) is 23.2 Å². The van der Waals surface area contributed by atoms with E-state index in [0.717, 1.165) is 6.54 Å². The Hall–Kier alpha value is -2.26. The monoisotopic (exact) mass is 352 g/mol. The van der Waals surface area contributed by atoms with Crippen LogP contribution in [-0.4, -0.2) is 35.3 Å². The minimum atomic E-state index is -1.23. The molecule has 2 unspecified atom stereocenters. The van der Waals surface area contributed by atoms with Crippen LogP contribution in [0.3, 0.4) is 0 Å². The predicted octanol–water partition coefficient (Wildman–Crippen LogP) is 2.95. The van der Waals surface area contributed by atoms with Crippen molar-refractivity contribution in [3.05, 3.63) is 71.0 Å². The number of morpholine rings is 1. The van der Waals surface area contributed by atoms with Crippen LogP contribution in [-0.2, 0) is 16.9 Å². The highest BCUT2D eigenvalue weighted by Gasteiger charge is 2.47. The summed E-state index contributed by atoms with van der Waals surface area (Å²) in [5.41, 5.74) is 0.539. The molecule has 2 aliphatic rings. The molecule has 4 rings (SSSR count). The van der Waals surface area contributed by atoms with Crippen LogP contribution in [0.4, 0.5) is 4.39 Å². The highest BCUT2D eigenvalue weighted by Crippen LogP contribution is 2.42. The van der Waals surface area contributed by atoms with Gasteiger partial charge in [-0.05, 0) is 30.5 Å². The fourth-order valence-electron chi connectivity index (χ4n) is 4.28. The van der Waals surface area contributed by atoms with E-state index < -0.39 is 11.4 Å². The summed E-state index contributed by atoms with van der Waals surface area (Å²) < 4.78 is 20.2. The normalized spacial score (nSPS) is 28.5. The van der Waals surface area contributed by atoms with Gasteiger partial charge in [-0.2, -0.15) is 5.26 Å². The Labute approximate surface area is 152 Å². The van der Waals surface area contributed by atoms with Crippen molar-refractivity contribution in [1.82, 2.24) is 4.90 Å². The average molecular weight is 352 g/mol. The molecule has 2 aromatic carbocycles. The molecule has 1 N–H and O–H groups in total. The van der Waals surface area contributed by atoms with E-state index in [9.17, 15) is 9.50 Å². The Morgan fingerprint density at radius 2 is 1.85 bits per heavy atom. The number of piperidine rings is 1. The molecule has 2 heterocycles. The largest absolute Gasteiger partial charge is 0.385 e. The van der Waals surface area contributed by atoms with Crippen LogP contribution in [0, 0.1) is 17.1 Å². The lowest BCUT2D eigenvalue weighted by atomic mass is 9.76. The molecule has 0 saturated carbocycles. The third-order valence-corrected chi connectivity index (χ3v) is 5.51. The second-order valence-electron chi connectivity index (χ2n) is 7.25. The molecule has 0 aliphatic carbocycles. The summed E-state index contributed by atoms with van der Waals surface area (Å²) in [6.07, 6.45) is 0.832. The van der Waals surface area contributed by atoms with Crippen molar-refractivity contribution in [2.75, 3.05) is 13.2 Å². The van der Waals surface area contributed by atoms with Crippen LogP contribution in [0.2, 0.25) is 0 Å². The highest BCUT2D eigenvalue weighted by atomic mass is 19.1. The van der Waals surface area contributed by atoms with E-state index in [1.54, 1.807) is 12.1 Å². The number of nitriles is 1. The van der Waals surface area contributed by atoms with Gasteiger partial charge in [0.25, 0.3) is 0 Å². The van der Waals surface area contributed by atoms with Gasteiger partial charge in [0.15, 0.2) is 0 Å². The summed E-state index contributed by atoms with van der Waals surface area (Å²) in [4.78, 5) is 2.37. The minimum Gasteiger partial charge on any atom is -0.385 e. The number of fused-ring (bicyclic) bond motifs is 2. The maximum Gasteiger partial charge on any atom is 0.130 e. The van der Waals surface area contributed by atoms with E-state index in [1.165, 1.54) is 11.6 Å². The van der Waals surface area contributed by atoms with Crippen molar-refractivity contribution in [1.29, 1.82) is 5.26 Å². The average Bonchev–Trinajstić information content (AvgIpc) is 2.63. The first-order chi connectivity index (χ1) is 12.6. The van der Waals surface area contributed by atoms with Crippen molar-refractivity contribution >= 4 is 0 Å². The summed E-state index contributed by atoms with van der Waals surface area (Å²) in [6.45, 7) is 1.86. The molecule has 2 aliphatic heterocycles.